The van der Waals surface area contributed by atoms with Crippen LogP contribution < -0.4 is 5.32 Å². The van der Waals surface area contributed by atoms with Crippen molar-refractivity contribution in [3.63, 3.8) is 0 Å². The van der Waals surface area contributed by atoms with Crippen LogP contribution >= 0.6 is 11.3 Å². The van der Waals surface area contributed by atoms with Gasteiger partial charge in [-0.05, 0) is 5.92 Å². The van der Waals surface area contributed by atoms with E-state index in [4.69, 9.17) is 0 Å². The first-order valence-electron chi connectivity index (χ1n) is 7.45. The average Bonchev–Trinajstić information content (AvgIpc) is 2.92. The summed E-state index contributed by atoms with van der Waals surface area (Å²) in [4.78, 5) is 29.5. The first-order chi connectivity index (χ1) is 10.4. The lowest BCUT2D eigenvalue weighted by atomic mass is 10.1. The van der Waals surface area contributed by atoms with Gasteiger partial charge in [0.2, 0.25) is 0 Å². The summed E-state index contributed by atoms with van der Waals surface area (Å²) in [6.07, 6.45) is 2.44. The van der Waals surface area contributed by atoms with Gasteiger partial charge in [0, 0.05) is 17.8 Å². The fourth-order valence-electron chi connectivity index (χ4n) is 1.82. The molecule has 122 valence electrons. The number of hydrogen-bond acceptors (Lipinski definition) is 4. The van der Waals surface area contributed by atoms with E-state index in [0.29, 0.717) is 19.0 Å². The molecule has 5 nitrogen and oxygen atoms in total. The summed E-state index contributed by atoms with van der Waals surface area (Å²) < 4.78 is 0. The molecule has 0 saturated carbocycles. The number of amides is 2. The molecule has 0 unspecified atom stereocenters. The highest BCUT2D eigenvalue weighted by Gasteiger charge is 2.20. The molecule has 1 heterocycles. The first-order valence-corrected chi connectivity index (χ1v) is 8.32. The Bertz CT molecular complexity index is 511. The van der Waals surface area contributed by atoms with E-state index < -0.39 is 6.04 Å². The second-order valence-electron chi connectivity index (χ2n) is 5.86. The lowest BCUT2D eigenvalue weighted by molar-refractivity contribution is -0.110. The summed E-state index contributed by atoms with van der Waals surface area (Å²) >= 11 is 1.60. The number of carbonyl (C=O) groups is 2. The summed E-state index contributed by atoms with van der Waals surface area (Å²) in [6.45, 7) is 12.5. The van der Waals surface area contributed by atoms with Gasteiger partial charge in [0.1, 0.15) is 6.29 Å². The Morgan fingerprint density at radius 1 is 1.45 bits per heavy atom. The molecule has 0 aliphatic carbocycles. The highest BCUT2D eigenvalue weighted by molar-refractivity contribution is 7.09. The van der Waals surface area contributed by atoms with Crippen molar-refractivity contribution in [1.82, 2.24) is 15.2 Å². The second kappa shape index (κ2) is 8.68. The lowest BCUT2D eigenvalue weighted by Gasteiger charge is -2.24. The molecule has 1 aromatic heterocycles. The number of aromatic nitrogens is 1. The molecule has 0 saturated heterocycles. The molecular weight excluding hydrogens is 298 g/mol. The van der Waals surface area contributed by atoms with Crippen molar-refractivity contribution in [2.24, 2.45) is 5.92 Å². The second-order valence-corrected chi connectivity index (χ2v) is 6.75. The van der Waals surface area contributed by atoms with Gasteiger partial charge in [-0.2, -0.15) is 0 Å². The SMILES string of the molecule is C=CCN(Cc1csc(C(C)C)n1)C(=O)N[C@H](C=O)C(C)C. The van der Waals surface area contributed by atoms with Crippen molar-refractivity contribution in [1.29, 1.82) is 0 Å². The number of rotatable bonds is 8. The topological polar surface area (TPSA) is 62.3 Å². The van der Waals surface area contributed by atoms with Crippen LogP contribution in [-0.4, -0.2) is 34.8 Å². The molecule has 0 bridgehead atoms. The molecule has 0 spiro atoms. The zero-order valence-electron chi connectivity index (χ0n) is 13.7. The first kappa shape index (κ1) is 18.4. The Hall–Kier alpha value is -1.69. The third kappa shape index (κ3) is 5.26. The van der Waals surface area contributed by atoms with Crippen molar-refractivity contribution < 1.29 is 9.59 Å². The van der Waals surface area contributed by atoms with E-state index in [0.717, 1.165) is 17.0 Å². The van der Waals surface area contributed by atoms with Crippen molar-refractivity contribution in [2.75, 3.05) is 6.54 Å². The van der Waals surface area contributed by atoms with Gasteiger partial charge in [-0.15, -0.1) is 17.9 Å². The van der Waals surface area contributed by atoms with Crippen LogP contribution in [0.2, 0.25) is 0 Å². The van der Waals surface area contributed by atoms with E-state index in [1.807, 2.05) is 19.2 Å². The average molecular weight is 323 g/mol. The van der Waals surface area contributed by atoms with Crippen LogP contribution in [0.1, 0.15) is 44.3 Å². The van der Waals surface area contributed by atoms with Gasteiger partial charge in [-0.3, -0.25) is 0 Å². The molecule has 1 rings (SSSR count). The number of nitrogens with one attached hydrogen (secondary N) is 1. The van der Waals surface area contributed by atoms with E-state index >= 15 is 0 Å². The monoisotopic (exact) mass is 323 g/mol. The van der Waals surface area contributed by atoms with Crippen molar-refractivity contribution in [2.45, 2.75) is 46.2 Å². The Morgan fingerprint density at radius 2 is 2.14 bits per heavy atom. The highest BCUT2D eigenvalue weighted by Crippen LogP contribution is 2.20. The van der Waals surface area contributed by atoms with Crippen molar-refractivity contribution in [3.8, 4) is 0 Å². The summed E-state index contributed by atoms with van der Waals surface area (Å²) in [7, 11) is 0. The number of hydrogen-bond donors (Lipinski definition) is 1. The Kier molecular flexibility index (Phi) is 7.24. The molecule has 6 heteroatoms. The van der Waals surface area contributed by atoms with Crippen LogP contribution in [0, 0.1) is 5.92 Å². The Labute approximate surface area is 136 Å². The molecule has 0 aromatic carbocycles. The normalized spacial score (nSPS) is 12.3. The maximum atomic E-state index is 12.3. The predicted molar refractivity (Wildman–Crippen MR) is 90.0 cm³/mol. The van der Waals surface area contributed by atoms with Crippen LogP contribution in [0.4, 0.5) is 4.79 Å². The van der Waals surface area contributed by atoms with Gasteiger partial charge in [0.15, 0.2) is 0 Å². The molecule has 2 amide bonds. The van der Waals surface area contributed by atoms with Gasteiger partial charge in [-0.25, -0.2) is 9.78 Å². The number of nitrogens with zero attached hydrogens (tertiary/aromatic N) is 2. The van der Waals surface area contributed by atoms with Gasteiger partial charge in [0.05, 0.1) is 23.3 Å². The third-order valence-electron chi connectivity index (χ3n) is 3.21. The number of urea groups is 1. The zero-order chi connectivity index (χ0) is 16.7. The Morgan fingerprint density at radius 3 is 2.59 bits per heavy atom. The molecule has 0 fully saturated rings. The molecular formula is C16H25N3O2S. The van der Waals surface area contributed by atoms with Crippen LogP contribution in [0.3, 0.4) is 0 Å². The van der Waals surface area contributed by atoms with Crippen LogP contribution in [0.5, 0.6) is 0 Å². The van der Waals surface area contributed by atoms with Crippen LogP contribution in [-0.2, 0) is 11.3 Å². The van der Waals surface area contributed by atoms with E-state index in [1.165, 1.54) is 0 Å². The molecule has 0 aliphatic heterocycles. The van der Waals surface area contributed by atoms with Gasteiger partial charge in [0.25, 0.3) is 0 Å². The molecule has 1 atom stereocenters. The molecule has 22 heavy (non-hydrogen) atoms. The molecule has 0 radical (unpaired) electrons. The predicted octanol–water partition coefficient (Wildman–Crippen LogP) is 3.19. The smallest absolute Gasteiger partial charge is 0.318 e. The number of carbonyl (C=O) groups excluding carboxylic acids is 2. The third-order valence-corrected chi connectivity index (χ3v) is 4.40. The van der Waals surface area contributed by atoms with Gasteiger partial charge in [-0.1, -0.05) is 33.8 Å². The van der Waals surface area contributed by atoms with E-state index in [2.05, 4.69) is 30.7 Å². The quantitative estimate of drug-likeness (QED) is 0.590. The fraction of sp³-hybridized carbons (Fsp3) is 0.562. The number of aldehydes is 1. The van der Waals surface area contributed by atoms with E-state index in [-0.39, 0.29) is 11.9 Å². The molecule has 1 aromatic rings. The van der Waals surface area contributed by atoms with Crippen LogP contribution in [0.25, 0.3) is 0 Å². The Balaban J connectivity index is 2.76. The minimum absolute atomic E-state index is 0.0545. The maximum absolute atomic E-state index is 12.3. The summed E-state index contributed by atoms with van der Waals surface area (Å²) in [5.74, 6) is 0.430. The van der Waals surface area contributed by atoms with Crippen molar-refractivity contribution in [3.05, 3.63) is 28.7 Å². The lowest BCUT2D eigenvalue weighted by Crippen LogP contribution is -2.47. The largest absolute Gasteiger partial charge is 0.328 e. The minimum Gasteiger partial charge on any atom is -0.328 e. The zero-order valence-corrected chi connectivity index (χ0v) is 14.5. The summed E-state index contributed by atoms with van der Waals surface area (Å²) in [5, 5.41) is 5.78. The highest BCUT2D eigenvalue weighted by atomic mass is 32.1. The van der Waals surface area contributed by atoms with Gasteiger partial charge < -0.3 is 15.0 Å². The van der Waals surface area contributed by atoms with Gasteiger partial charge >= 0.3 is 6.03 Å². The summed E-state index contributed by atoms with van der Waals surface area (Å²) in [5.41, 5.74) is 0.859. The molecule has 1 N–H and O–H groups in total. The summed E-state index contributed by atoms with van der Waals surface area (Å²) in [6, 6.07) is -0.758. The molecule has 0 aliphatic rings. The fourth-order valence-corrected chi connectivity index (χ4v) is 2.65. The van der Waals surface area contributed by atoms with Crippen LogP contribution in [0.15, 0.2) is 18.0 Å². The van der Waals surface area contributed by atoms with E-state index in [1.54, 1.807) is 22.3 Å². The van der Waals surface area contributed by atoms with E-state index in [9.17, 15) is 9.59 Å². The maximum Gasteiger partial charge on any atom is 0.318 e. The standard InChI is InChI=1S/C16H25N3O2S/c1-6-7-19(16(21)18-14(9-20)11(2)3)8-13-10-22-15(17-13)12(4)5/h6,9-12,14H,1,7-8H2,2-5H3,(H,18,21)/t14-/m1/s1. The minimum atomic E-state index is -0.485. The number of thiazole rings is 1. The van der Waals surface area contributed by atoms with Crippen molar-refractivity contribution >= 4 is 23.7 Å².